The highest BCUT2D eigenvalue weighted by atomic mass is 16.3. The van der Waals surface area contributed by atoms with Crippen LogP contribution in [-0.4, -0.2) is 35.6 Å². The predicted octanol–water partition coefficient (Wildman–Crippen LogP) is 0.237. The van der Waals surface area contributed by atoms with Crippen LogP contribution in [0.25, 0.3) is 0 Å². The number of carbonyl (C=O) groups is 1. The van der Waals surface area contributed by atoms with Gasteiger partial charge in [-0.1, -0.05) is 0 Å². The van der Waals surface area contributed by atoms with Crippen molar-refractivity contribution in [2.45, 2.75) is 19.8 Å². The molecule has 1 amide bonds. The SMILES string of the molecule is CC(=O)N1CCC[C@H](CO)C1. The van der Waals surface area contributed by atoms with E-state index in [0.29, 0.717) is 5.92 Å². The lowest BCUT2D eigenvalue weighted by Gasteiger charge is -2.30. The van der Waals surface area contributed by atoms with Gasteiger partial charge in [-0.25, -0.2) is 0 Å². The lowest BCUT2D eigenvalue weighted by Crippen LogP contribution is -2.39. The predicted molar refractivity (Wildman–Crippen MR) is 42.1 cm³/mol. The average Bonchev–Trinajstić information content (AvgIpc) is 2.05. The largest absolute Gasteiger partial charge is 0.396 e. The lowest BCUT2D eigenvalue weighted by molar-refractivity contribution is -0.130. The summed E-state index contributed by atoms with van der Waals surface area (Å²) < 4.78 is 0. The Morgan fingerprint density at radius 1 is 1.73 bits per heavy atom. The van der Waals surface area contributed by atoms with E-state index in [2.05, 4.69) is 0 Å². The Balaban J connectivity index is 2.39. The fourth-order valence-corrected chi connectivity index (χ4v) is 1.50. The van der Waals surface area contributed by atoms with Gasteiger partial charge in [0.15, 0.2) is 0 Å². The number of amides is 1. The van der Waals surface area contributed by atoms with E-state index in [4.69, 9.17) is 5.11 Å². The summed E-state index contributed by atoms with van der Waals surface area (Å²) in [5.74, 6) is 0.441. The monoisotopic (exact) mass is 157 g/mol. The maximum absolute atomic E-state index is 10.9. The Labute approximate surface area is 67.0 Å². The van der Waals surface area contributed by atoms with Crippen LogP contribution in [0.5, 0.6) is 0 Å². The van der Waals surface area contributed by atoms with Gasteiger partial charge in [-0.2, -0.15) is 0 Å². The van der Waals surface area contributed by atoms with Gasteiger partial charge in [0.25, 0.3) is 0 Å². The van der Waals surface area contributed by atoms with Crippen molar-refractivity contribution in [2.75, 3.05) is 19.7 Å². The lowest BCUT2D eigenvalue weighted by atomic mass is 9.99. The Hall–Kier alpha value is -0.570. The second-order valence-corrected chi connectivity index (χ2v) is 3.16. The first kappa shape index (κ1) is 8.53. The fraction of sp³-hybridized carbons (Fsp3) is 0.875. The maximum atomic E-state index is 10.9. The van der Waals surface area contributed by atoms with Crippen LogP contribution in [0.3, 0.4) is 0 Å². The van der Waals surface area contributed by atoms with Gasteiger partial charge in [0.1, 0.15) is 0 Å². The Morgan fingerprint density at radius 3 is 3.00 bits per heavy atom. The number of rotatable bonds is 1. The highest BCUT2D eigenvalue weighted by Crippen LogP contribution is 2.15. The van der Waals surface area contributed by atoms with Crippen molar-refractivity contribution < 1.29 is 9.90 Å². The molecular formula is C8H15NO2. The fourth-order valence-electron chi connectivity index (χ4n) is 1.50. The summed E-state index contributed by atoms with van der Waals surface area (Å²) in [5.41, 5.74) is 0. The molecule has 3 heteroatoms. The van der Waals surface area contributed by atoms with Crippen LogP contribution in [0, 0.1) is 5.92 Å². The summed E-state index contributed by atoms with van der Waals surface area (Å²) in [6, 6.07) is 0. The molecule has 1 rings (SSSR count). The van der Waals surface area contributed by atoms with Crippen LogP contribution in [0.15, 0.2) is 0 Å². The molecule has 0 aromatic heterocycles. The number of carbonyl (C=O) groups excluding carboxylic acids is 1. The van der Waals surface area contributed by atoms with E-state index in [1.165, 1.54) is 0 Å². The zero-order valence-corrected chi connectivity index (χ0v) is 6.92. The third-order valence-electron chi connectivity index (χ3n) is 2.22. The van der Waals surface area contributed by atoms with Gasteiger partial charge in [-0.05, 0) is 18.8 Å². The molecule has 0 aromatic carbocycles. The molecule has 1 heterocycles. The molecule has 0 unspecified atom stereocenters. The summed E-state index contributed by atoms with van der Waals surface area (Å²) in [5, 5.41) is 8.85. The number of aliphatic hydroxyl groups excluding tert-OH is 1. The van der Waals surface area contributed by atoms with Crippen LogP contribution in [0.1, 0.15) is 19.8 Å². The molecule has 11 heavy (non-hydrogen) atoms. The van der Waals surface area contributed by atoms with Gasteiger partial charge >= 0.3 is 0 Å². The van der Waals surface area contributed by atoms with Crippen molar-refractivity contribution in [1.29, 1.82) is 0 Å². The first-order chi connectivity index (χ1) is 5.24. The summed E-state index contributed by atoms with van der Waals surface area (Å²) in [6.07, 6.45) is 2.09. The molecule has 3 nitrogen and oxygen atoms in total. The molecule has 1 atom stereocenters. The Morgan fingerprint density at radius 2 is 2.45 bits per heavy atom. The molecule has 0 saturated carbocycles. The summed E-state index contributed by atoms with van der Waals surface area (Å²) >= 11 is 0. The van der Waals surface area contributed by atoms with Crippen molar-refractivity contribution in [3.05, 3.63) is 0 Å². The van der Waals surface area contributed by atoms with Gasteiger partial charge in [-0.3, -0.25) is 4.79 Å². The van der Waals surface area contributed by atoms with Gasteiger partial charge in [0.2, 0.25) is 5.91 Å². The number of piperidine rings is 1. The number of aliphatic hydroxyl groups is 1. The van der Waals surface area contributed by atoms with E-state index in [-0.39, 0.29) is 12.5 Å². The van der Waals surface area contributed by atoms with Crippen LogP contribution in [0.4, 0.5) is 0 Å². The van der Waals surface area contributed by atoms with Crippen molar-refractivity contribution in [2.24, 2.45) is 5.92 Å². The quantitative estimate of drug-likeness (QED) is 0.592. The molecule has 0 spiro atoms. The minimum atomic E-state index is 0.128. The van der Waals surface area contributed by atoms with Crippen LogP contribution in [-0.2, 0) is 4.79 Å². The molecule has 1 fully saturated rings. The highest BCUT2D eigenvalue weighted by Gasteiger charge is 2.20. The van der Waals surface area contributed by atoms with E-state index in [0.717, 1.165) is 25.9 Å². The molecule has 0 radical (unpaired) electrons. The van der Waals surface area contributed by atoms with Crippen molar-refractivity contribution in [3.63, 3.8) is 0 Å². The number of hydrogen-bond donors (Lipinski definition) is 1. The molecule has 0 bridgehead atoms. The minimum Gasteiger partial charge on any atom is -0.396 e. The van der Waals surface area contributed by atoms with E-state index >= 15 is 0 Å². The molecule has 1 saturated heterocycles. The smallest absolute Gasteiger partial charge is 0.219 e. The van der Waals surface area contributed by atoms with Crippen LogP contribution < -0.4 is 0 Å². The number of nitrogens with zero attached hydrogens (tertiary/aromatic N) is 1. The molecule has 64 valence electrons. The molecule has 1 aliphatic rings. The normalized spacial score (nSPS) is 25.3. The highest BCUT2D eigenvalue weighted by molar-refractivity contribution is 5.73. The van der Waals surface area contributed by atoms with Gasteiger partial charge in [0.05, 0.1) is 0 Å². The third-order valence-corrected chi connectivity index (χ3v) is 2.22. The number of likely N-dealkylation sites (tertiary alicyclic amines) is 1. The Bertz CT molecular complexity index is 147. The van der Waals surface area contributed by atoms with E-state index in [9.17, 15) is 4.79 Å². The standard InChI is InChI=1S/C8H15NO2/c1-7(11)9-4-2-3-8(5-9)6-10/h8,10H,2-6H2,1H3/t8-/m0/s1. The second kappa shape index (κ2) is 3.72. The van der Waals surface area contributed by atoms with E-state index in [1.54, 1.807) is 6.92 Å². The van der Waals surface area contributed by atoms with Crippen molar-refractivity contribution in [1.82, 2.24) is 4.90 Å². The van der Waals surface area contributed by atoms with Gasteiger partial charge in [-0.15, -0.1) is 0 Å². The van der Waals surface area contributed by atoms with E-state index in [1.807, 2.05) is 4.90 Å². The minimum absolute atomic E-state index is 0.128. The van der Waals surface area contributed by atoms with Gasteiger partial charge < -0.3 is 10.0 Å². The van der Waals surface area contributed by atoms with Crippen LogP contribution in [0.2, 0.25) is 0 Å². The summed E-state index contributed by atoms with van der Waals surface area (Å²) in [4.78, 5) is 12.7. The molecule has 1 N–H and O–H groups in total. The van der Waals surface area contributed by atoms with Crippen molar-refractivity contribution >= 4 is 5.91 Å². The maximum Gasteiger partial charge on any atom is 0.219 e. The van der Waals surface area contributed by atoms with Gasteiger partial charge in [0, 0.05) is 26.6 Å². The van der Waals surface area contributed by atoms with Crippen molar-refractivity contribution in [3.8, 4) is 0 Å². The average molecular weight is 157 g/mol. The first-order valence-electron chi connectivity index (χ1n) is 4.10. The number of hydrogen-bond acceptors (Lipinski definition) is 2. The topological polar surface area (TPSA) is 40.5 Å². The zero-order chi connectivity index (χ0) is 8.27. The molecule has 0 aromatic rings. The molecule has 1 aliphatic heterocycles. The Kier molecular flexibility index (Phi) is 2.88. The van der Waals surface area contributed by atoms with Crippen LogP contribution >= 0.6 is 0 Å². The zero-order valence-electron chi connectivity index (χ0n) is 6.92. The summed E-state index contributed by atoms with van der Waals surface area (Å²) in [7, 11) is 0. The van der Waals surface area contributed by atoms with E-state index < -0.39 is 0 Å². The molecular weight excluding hydrogens is 142 g/mol. The third kappa shape index (κ3) is 2.19. The molecule has 0 aliphatic carbocycles. The second-order valence-electron chi connectivity index (χ2n) is 3.16. The summed E-state index contributed by atoms with van der Waals surface area (Å²) in [6.45, 7) is 3.40. The first-order valence-corrected chi connectivity index (χ1v) is 4.10.